The fourth-order valence-electron chi connectivity index (χ4n) is 2.83. The Hall–Kier alpha value is -2.14. The summed E-state index contributed by atoms with van der Waals surface area (Å²) in [5, 5.41) is 7.05. The molecule has 120 valence electrons. The van der Waals surface area contributed by atoms with E-state index in [0.29, 0.717) is 25.2 Å². The number of thiophene rings is 1. The maximum absolute atomic E-state index is 12.4. The quantitative estimate of drug-likeness (QED) is 0.938. The molecule has 23 heavy (non-hydrogen) atoms. The van der Waals surface area contributed by atoms with E-state index in [-0.39, 0.29) is 17.7 Å². The van der Waals surface area contributed by atoms with Crippen LogP contribution in [0, 0.1) is 5.92 Å². The minimum atomic E-state index is 0.00783. The Morgan fingerprint density at radius 1 is 1.13 bits per heavy atom. The highest BCUT2D eigenvalue weighted by molar-refractivity contribution is 7.07. The van der Waals surface area contributed by atoms with Gasteiger partial charge in [-0.25, -0.2) is 0 Å². The van der Waals surface area contributed by atoms with E-state index in [1.807, 2.05) is 52.1 Å². The molecule has 0 spiro atoms. The summed E-state index contributed by atoms with van der Waals surface area (Å²) < 4.78 is 0. The third-order valence-corrected chi connectivity index (χ3v) is 4.95. The molecule has 1 aromatic heterocycles. The monoisotopic (exact) mass is 328 g/mol. The van der Waals surface area contributed by atoms with Crippen molar-refractivity contribution in [3.8, 4) is 0 Å². The highest BCUT2D eigenvalue weighted by Gasteiger charge is 2.27. The largest absolute Gasteiger partial charge is 0.352 e. The molecule has 5 heteroatoms. The van der Waals surface area contributed by atoms with E-state index in [4.69, 9.17) is 0 Å². The van der Waals surface area contributed by atoms with E-state index in [1.54, 1.807) is 11.3 Å². The van der Waals surface area contributed by atoms with Gasteiger partial charge in [0.25, 0.3) is 5.91 Å². The lowest BCUT2D eigenvalue weighted by atomic mass is 9.95. The van der Waals surface area contributed by atoms with Crippen LogP contribution in [0.15, 0.2) is 47.2 Å². The number of rotatable bonds is 4. The van der Waals surface area contributed by atoms with Gasteiger partial charge in [0, 0.05) is 31.1 Å². The van der Waals surface area contributed by atoms with Crippen molar-refractivity contribution in [2.45, 2.75) is 19.4 Å². The molecule has 1 aliphatic heterocycles. The molecule has 2 amide bonds. The van der Waals surface area contributed by atoms with Crippen LogP contribution >= 0.6 is 11.3 Å². The van der Waals surface area contributed by atoms with Crippen molar-refractivity contribution in [1.82, 2.24) is 10.2 Å². The summed E-state index contributed by atoms with van der Waals surface area (Å²) in [6, 6.07) is 11.3. The first-order valence-corrected chi connectivity index (χ1v) is 8.81. The van der Waals surface area contributed by atoms with E-state index in [2.05, 4.69) is 5.32 Å². The first-order chi connectivity index (χ1) is 11.2. The number of nitrogens with zero attached hydrogens (tertiary/aromatic N) is 1. The number of likely N-dealkylation sites (tertiary alicyclic amines) is 1. The van der Waals surface area contributed by atoms with Crippen molar-refractivity contribution in [3.05, 3.63) is 58.3 Å². The lowest BCUT2D eigenvalue weighted by Gasteiger charge is -2.31. The van der Waals surface area contributed by atoms with E-state index in [1.165, 1.54) is 0 Å². The average Bonchev–Trinajstić information content (AvgIpc) is 3.13. The van der Waals surface area contributed by atoms with Gasteiger partial charge in [-0.1, -0.05) is 18.2 Å². The standard InChI is InChI=1S/C18H20N2O2S/c21-17(19-12-14-8-11-23-13-14)15-6-9-20(10-7-15)18(22)16-4-2-1-3-5-16/h1-5,8,11,13,15H,6-7,9-10,12H2,(H,19,21). The maximum atomic E-state index is 12.4. The molecule has 1 saturated heterocycles. The summed E-state index contributed by atoms with van der Waals surface area (Å²) in [6.45, 7) is 1.88. The summed E-state index contributed by atoms with van der Waals surface area (Å²) in [4.78, 5) is 26.5. The van der Waals surface area contributed by atoms with E-state index < -0.39 is 0 Å². The summed E-state index contributed by atoms with van der Waals surface area (Å²) in [7, 11) is 0. The summed E-state index contributed by atoms with van der Waals surface area (Å²) in [5.74, 6) is 0.166. The molecule has 2 heterocycles. The Labute approximate surface area is 140 Å². The van der Waals surface area contributed by atoms with Gasteiger partial charge >= 0.3 is 0 Å². The lowest BCUT2D eigenvalue weighted by Crippen LogP contribution is -2.42. The Bertz CT molecular complexity index is 647. The molecular weight excluding hydrogens is 308 g/mol. The number of carbonyl (C=O) groups is 2. The van der Waals surface area contributed by atoms with Crippen molar-refractivity contribution in [3.63, 3.8) is 0 Å². The molecule has 0 radical (unpaired) electrons. The van der Waals surface area contributed by atoms with Gasteiger partial charge in [0.1, 0.15) is 0 Å². The molecule has 0 bridgehead atoms. The molecule has 0 aliphatic carbocycles. The second kappa shape index (κ2) is 7.42. The maximum Gasteiger partial charge on any atom is 0.253 e. The van der Waals surface area contributed by atoms with Crippen LogP contribution < -0.4 is 5.32 Å². The fourth-order valence-corrected chi connectivity index (χ4v) is 3.50. The normalized spacial score (nSPS) is 15.4. The smallest absolute Gasteiger partial charge is 0.253 e. The minimum Gasteiger partial charge on any atom is -0.352 e. The number of amides is 2. The molecule has 0 unspecified atom stereocenters. The van der Waals surface area contributed by atoms with Gasteiger partial charge in [0.2, 0.25) is 5.91 Å². The van der Waals surface area contributed by atoms with Crippen LogP contribution in [0.1, 0.15) is 28.8 Å². The zero-order valence-corrected chi connectivity index (χ0v) is 13.7. The third-order valence-electron chi connectivity index (χ3n) is 4.22. The van der Waals surface area contributed by atoms with E-state index in [0.717, 1.165) is 18.4 Å². The van der Waals surface area contributed by atoms with Gasteiger partial charge < -0.3 is 10.2 Å². The van der Waals surface area contributed by atoms with Crippen molar-refractivity contribution in [2.24, 2.45) is 5.92 Å². The predicted molar refractivity (Wildman–Crippen MR) is 91.2 cm³/mol. The molecule has 0 saturated carbocycles. The van der Waals surface area contributed by atoms with E-state index in [9.17, 15) is 9.59 Å². The molecular formula is C18H20N2O2S. The van der Waals surface area contributed by atoms with Crippen LogP contribution in [0.4, 0.5) is 0 Å². The second-order valence-corrected chi connectivity index (χ2v) is 6.56. The number of piperidine rings is 1. The lowest BCUT2D eigenvalue weighted by molar-refractivity contribution is -0.126. The minimum absolute atomic E-state index is 0.00783. The van der Waals surface area contributed by atoms with Crippen molar-refractivity contribution < 1.29 is 9.59 Å². The van der Waals surface area contributed by atoms with Crippen molar-refractivity contribution >= 4 is 23.2 Å². The first kappa shape index (κ1) is 15.7. The van der Waals surface area contributed by atoms with Crippen LogP contribution in [-0.2, 0) is 11.3 Å². The third kappa shape index (κ3) is 3.99. The summed E-state index contributed by atoms with van der Waals surface area (Å²) in [5.41, 5.74) is 1.85. The molecule has 0 atom stereocenters. The number of benzene rings is 1. The molecule has 1 aliphatic rings. The number of nitrogens with one attached hydrogen (secondary N) is 1. The van der Waals surface area contributed by atoms with Gasteiger partial charge in [-0.2, -0.15) is 11.3 Å². The van der Waals surface area contributed by atoms with E-state index >= 15 is 0 Å². The highest BCUT2D eigenvalue weighted by Crippen LogP contribution is 2.19. The molecule has 3 rings (SSSR count). The Morgan fingerprint density at radius 2 is 1.87 bits per heavy atom. The van der Waals surface area contributed by atoms with Gasteiger partial charge in [-0.05, 0) is 47.4 Å². The fraction of sp³-hybridized carbons (Fsp3) is 0.333. The van der Waals surface area contributed by atoms with Crippen molar-refractivity contribution in [1.29, 1.82) is 0 Å². The van der Waals surface area contributed by atoms with Crippen LogP contribution in [-0.4, -0.2) is 29.8 Å². The summed E-state index contributed by atoms with van der Waals surface area (Å²) in [6.07, 6.45) is 1.46. The molecule has 4 nitrogen and oxygen atoms in total. The Kier molecular flexibility index (Phi) is 5.08. The van der Waals surface area contributed by atoms with Gasteiger partial charge in [0.15, 0.2) is 0 Å². The number of hydrogen-bond acceptors (Lipinski definition) is 3. The Morgan fingerprint density at radius 3 is 2.52 bits per heavy atom. The van der Waals surface area contributed by atoms with Crippen LogP contribution in [0.2, 0.25) is 0 Å². The van der Waals surface area contributed by atoms with Gasteiger partial charge in [-0.3, -0.25) is 9.59 Å². The molecule has 2 aromatic rings. The van der Waals surface area contributed by atoms with Gasteiger partial charge in [-0.15, -0.1) is 0 Å². The molecule has 1 N–H and O–H groups in total. The predicted octanol–water partition coefficient (Wildman–Crippen LogP) is 2.92. The van der Waals surface area contributed by atoms with Crippen molar-refractivity contribution in [2.75, 3.05) is 13.1 Å². The number of hydrogen-bond donors (Lipinski definition) is 1. The molecule has 1 aromatic carbocycles. The van der Waals surface area contributed by atoms with Crippen LogP contribution in [0.5, 0.6) is 0 Å². The average molecular weight is 328 g/mol. The zero-order chi connectivity index (χ0) is 16.1. The zero-order valence-electron chi connectivity index (χ0n) is 12.9. The highest BCUT2D eigenvalue weighted by atomic mass is 32.1. The second-order valence-electron chi connectivity index (χ2n) is 5.78. The first-order valence-electron chi connectivity index (χ1n) is 7.87. The van der Waals surface area contributed by atoms with Gasteiger partial charge in [0.05, 0.1) is 0 Å². The summed E-state index contributed by atoms with van der Waals surface area (Å²) >= 11 is 1.63. The Balaban J connectivity index is 1.48. The van der Waals surface area contributed by atoms with Crippen LogP contribution in [0.3, 0.4) is 0 Å². The number of carbonyl (C=O) groups excluding carboxylic acids is 2. The molecule has 1 fully saturated rings. The van der Waals surface area contributed by atoms with Crippen LogP contribution in [0.25, 0.3) is 0 Å². The SMILES string of the molecule is O=C(NCc1ccsc1)C1CCN(C(=O)c2ccccc2)CC1. The topological polar surface area (TPSA) is 49.4 Å².